The van der Waals surface area contributed by atoms with Crippen LogP contribution >= 0.6 is 0 Å². The highest BCUT2D eigenvalue weighted by atomic mass is 16.5. The quantitative estimate of drug-likeness (QED) is 0.532. The first-order chi connectivity index (χ1) is 16.0. The van der Waals surface area contributed by atoms with Crippen molar-refractivity contribution < 1.29 is 24.1 Å². The topological polar surface area (TPSA) is 116 Å². The highest BCUT2D eigenvalue weighted by Gasteiger charge is 2.17. The van der Waals surface area contributed by atoms with Crippen molar-refractivity contribution >= 4 is 16.8 Å². The van der Waals surface area contributed by atoms with Crippen molar-refractivity contribution in [3.63, 3.8) is 0 Å². The van der Waals surface area contributed by atoms with Gasteiger partial charge < -0.3 is 29.6 Å². The molecule has 2 aromatic carbocycles. The number of nitrogens with zero attached hydrogens (tertiary/aromatic N) is 2. The predicted molar refractivity (Wildman–Crippen MR) is 123 cm³/mol. The Balaban J connectivity index is 1.67. The fourth-order valence-electron chi connectivity index (χ4n) is 3.87. The molecule has 9 nitrogen and oxygen atoms in total. The summed E-state index contributed by atoms with van der Waals surface area (Å²) in [6, 6.07) is 10.4. The lowest BCUT2D eigenvalue weighted by atomic mass is 10.1. The van der Waals surface area contributed by atoms with E-state index in [1.54, 1.807) is 17.7 Å². The molecule has 174 valence electrons. The van der Waals surface area contributed by atoms with Crippen molar-refractivity contribution in [3.8, 4) is 17.2 Å². The van der Waals surface area contributed by atoms with Gasteiger partial charge in [0, 0.05) is 38.4 Å². The highest BCUT2D eigenvalue weighted by Crippen LogP contribution is 2.31. The van der Waals surface area contributed by atoms with E-state index >= 15 is 0 Å². The summed E-state index contributed by atoms with van der Waals surface area (Å²) in [5, 5.41) is 10.7. The van der Waals surface area contributed by atoms with Gasteiger partial charge in [-0.2, -0.15) is 0 Å². The van der Waals surface area contributed by atoms with Crippen LogP contribution in [0.5, 0.6) is 17.2 Å². The molecule has 3 N–H and O–H groups in total. The zero-order valence-corrected chi connectivity index (χ0v) is 18.5. The van der Waals surface area contributed by atoms with E-state index in [4.69, 9.17) is 19.9 Å². The van der Waals surface area contributed by atoms with Crippen molar-refractivity contribution in [2.24, 2.45) is 5.73 Å². The zero-order chi connectivity index (χ0) is 23.4. The second-order valence-electron chi connectivity index (χ2n) is 7.85. The van der Waals surface area contributed by atoms with Crippen molar-refractivity contribution in [2.75, 3.05) is 46.6 Å². The van der Waals surface area contributed by atoms with Gasteiger partial charge in [0.2, 0.25) is 5.43 Å². The van der Waals surface area contributed by atoms with E-state index in [0.29, 0.717) is 38.4 Å². The lowest BCUT2D eigenvalue weighted by Crippen LogP contribution is -2.38. The summed E-state index contributed by atoms with van der Waals surface area (Å²) >= 11 is 0. The summed E-state index contributed by atoms with van der Waals surface area (Å²) in [6.07, 6.45) is 1.45. The summed E-state index contributed by atoms with van der Waals surface area (Å²) < 4.78 is 18.2. The molecule has 33 heavy (non-hydrogen) atoms. The molecule has 0 radical (unpaired) electrons. The van der Waals surface area contributed by atoms with Crippen LogP contribution in [0.2, 0.25) is 0 Å². The molecule has 0 unspecified atom stereocenters. The van der Waals surface area contributed by atoms with E-state index in [0.717, 1.165) is 24.4 Å². The minimum atomic E-state index is -0.823. The number of hydrogen-bond donors (Lipinski definition) is 2. The third-order valence-corrected chi connectivity index (χ3v) is 5.71. The standard InChI is InChI=1S/C24H27N3O6/c1-31-17-4-2-16(3-5-17)14-27-15-19(24(25)30)23(29)18-12-21(28)22(13-20(18)27)33-11-8-26-6-9-32-10-7-26/h2-5,12-13,15,28H,6-11,14H2,1H3,(H2,25,30). The normalized spacial score (nSPS) is 14.3. The molecule has 1 aliphatic heterocycles. The van der Waals surface area contributed by atoms with Gasteiger partial charge in [-0.15, -0.1) is 0 Å². The van der Waals surface area contributed by atoms with Gasteiger partial charge >= 0.3 is 0 Å². The van der Waals surface area contributed by atoms with Crippen LogP contribution in [0.15, 0.2) is 47.4 Å². The largest absolute Gasteiger partial charge is 0.504 e. The van der Waals surface area contributed by atoms with Crippen molar-refractivity contribution in [1.29, 1.82) is 0 Å². The van der Waals surface area contributed by atoms with E-state index < -0.39 is 11.3 Å². The second kappa shape index (κ2) is 9.93. The van der Waals surface area contributed by atoms with Gasteiger partial charge in [0.1, 0.15) is 17.9 Å². The first-order valence-corrected chi connectivity index (χ1v) is 10.7. The molecule has 4 rings (SSSR count). The Morgan fingerprint density at radius 2 is 1.91 bits per heavy atom. The van der Waals surface area contributed by atoms with E-state index in [2.05, 4.69) is 4.90 Å². The molecule has 0 atom stereocenters. The summed E-state index contributed by atoms with van der Waals surface area (Å²) in [4.78, 5) is 27.0. The van der Waals surface area contributed by atoms with Gasteiger partial charge in [-0.1, -0.05) is 12.1 Å². The number of pyridine rings is 1. The average molecular weight is 453 g/mol. The van der Waals surface area contributed by atoms with Gasteiger partial charge in [-0.25, -0.2) is 0 Å². The maximum absolute atomic E-state index is 12.8. The van der Waals surface area contributed by atoms with Gasteiger partial charge in [-0.05, 0) is 23.8 Å². The van der Waals surface area contributed by atoms with Crippen LogP contribution in [0.1, 0.15) is 15.9 Å². The van der Waals surface area contributed by atoms with E-state index in [1.807, 2.05) is 24.3 Å². The van der Waals surface area contributed by atoms with Gasteiger partial charge in [-0.3, -0.25) is 14.5 Å². The minimum Gasteiger partial charge on any atom is -0.504 e. The molecule has 1 aliphatic rings. The lowest BCUT2D eigenvalue weighted by molar-refractivity contribution is 0.0321. The molecule has 1 aromatic heterocycles. The van der Waals surface area contributed by atoms with Crippen LogP contribution in [0.3, 0.4) is 0 Å². The van der Waals surface area contributed by atoms with Gasteiger partial charge in [0.25, 0.3) is 5.91 Å². The number of rotatable bonds is 8. The number of carbonyl (C=O) groups excluding carboxylic acids is 1. The molecule has 9 heteroatoms. The first kappa shape index (κ1) is 22.6. The van der Waals surface area contributed by atoms with Crippen LogP contribution in [0.25, 0.3) is 10.9 Å². The maximum atomic E-state index is 12.8. The number of hydrogen-bond acceptors (Lipinski definition) is 7. The Hall–Kier alpha value is -3.56. The Labute approximate surface area is 190 Å². The van der Waals surface area contributed by atoms with Crippen molar-refractivity contribution in [3.05, 3.63) is 63.9 Å². The smallest absolute Gasteiger partial charge is 0.254 e. The first-order valence-electron chi connectivity index (χ1n) is 10.7. The Bertz CT molecular complexity index is 1200. The molecule has 0 spiro atoms. The zero-order valence-electron chi connectivity index (χ0n) is 18.5. The number of phenolic OH excluding ortho intramolecular Hbond substituents is 1. The highest BCUT2D eigenvalue weighted by molar-refractivity contribution is 5.96. The third kappa shape index (κ3) is 5.10. The van der Waals surface area contributed by atoms with Crippen LogP contribution < -0.4 is 20.6 Å². The van der Waals surface area contributed by atoms with Crippen LogP contribution in [0, 0.1) is 0 Å². The van der Waals surface area contributed by atoms with E-state index in [-0.39, 0.29) is 22.4 Å². The average Bonchev–Trinajstić information content (AvgIpc) is 2.82. The summed E-state index contributed by atoms with van der Waals surface area (Å²) in [5.74, 6) is 0.00239. The monoisotopic (exact) mass is 453 g/mol. The number of aromatic hydroxyl groups is 1. The number of primary amides is 1. The molecule has 0 aliphatic carbocycles. The number of morpholine rings is 1. The Morgan fingerprint density at radius 3 is 2.58 bits per heavy atom. The molecule has 1 fully saturated rings. The van der Waals surface area contributed by atoms with Crippen LogP contribution in [-0.2, 0) is 11.3 Å². The lowest BCUT2D eigenvalue weighted by Gasteiger charge is -2.26. The number of benzene rings is 2. The van der Waals surface area contributed by atoms with E-state index in [1.165, 1.54) is 12.3 Å². The molecule has 0 saturated carbocycles. The number of methoxy groups -OCH3 is 1. The third-order valence-electron chi connectivity index (χ3n) is 5.71. The number of ether oxygens (including phenoxy) is 3. The number of aromatic nitrogens is 1. The molecular formula is C24H27N3O6. The second-order valence-corrected chi connectivity index (χ2v) is 7.85. The summed E-state index contributed by atoms with van der Waals surface area (Å²) in [7, 11) is 1.59. The fraction of sp³-hybridized carbons (Fsp3) is 0.333. The predicted octanol–water partition coefficient (Wildman–Crippen LogP) is 1.57. The van der Waals surface area contributed by atoms with Crippen molar-refractivity contribution in [1.82, 2.24) is 9.47 Å². The minimum absolute atomic E-state index is 0.142. The SMILES string of the molecule is COc1ccc(Cn2cc(C(N)=O)c(=O)c3cc(O)c(OCCN4CCOCC4)cc32)cc1. The molecule has 0 bridgehead atoms. The molecule has 2 heterocycles. The van der Waals surface area contributed by atoms with Gasteiger partial charge in [0.05, 0.1) is 31.2 Å². The van der Waals surface area contributed by atoms with Crippen molar-refractivity contribution in [2.45, 2.75) is 6.54 Å². The number of fused-ring (bicyclic) bond motifs is 1. The maximum Gasteiger partial charge on any atom is 0.254 e. The number of phenols is 1. The molecular weight excluding hydrogens is 426 g/mol. The number of amides is 1. The van der Waals surface area contributed by atoms with Crippen LogP contribution in [0.4, 0.5) is 0 Å². The number of nitrogens with two attached hydrogens (primary N) is 1. The molecule has 1 saturated heterocycles. The fourth-order valence-corrected chi connectivity index (χ4v) is 3.87. The molecule has 3 aromatic rings. The van der Waals surface area contributed by atoms with E-state index in [9.17, 15) is 14.7 Å². The summed E-state index contributed by atoms with van der Waals surface area (Å²) in [6.45, 7) is 4.51. The Morgan fingerprint density at radius 1 is 1.18 bits per heavy atom. The van der Waals surface area contributed by atoms with Gasteiger partial charge in [0.15, 0.2) is 11.5 Å². The number of carbonyl (C=O) groups is 1. The molecule has 1 amide bonds. The summed E-state index contributed by atoms with van der Waals surface area (Å²) in [5.41, 5.74) is 6.23. The Kier molecular flexibility index (Phi) is 6.81. The van der Waals surface area contributed by atoms with Crippen LogP contribution in [-0.4, -0.2) is 67.0 Å².